The summed E-state index contributed by atoms with van der Waals surface area (Å²) in [5.41, 5.74) is 4.69. The standard InChI is InChI=1S/C24H17Cl2N7/c25-17-7-16-5-14(1-2-21(16)28-10-17)12-33-13-19-22(32-33)3-4-27-24(19)30-9-15-6-18-20(26)11-31-23(18)29-8-15/h1-8,10-11,13H,9,12H2,(H,27,30)(H,29,31). The van der Waals surface area contributed by atoms with Gasteiger partial charge in [-0.2, -0.15) is 5.10 Å². The predicted molar refractivity (Wildman–Crippen MR) is 132 cm³/mol. The van der Waals surface area contributed by atoms with Crippen molar-refractivity contribution < 1.29 is 0 Å². The summed E-state index contributed by atoms with van der Waals surface area (Å²) in [7, 11) is 0. The molecule has 7 nitrogen and oxygen atoms in total. The quantitative estimate of drug-likeness (QED) is 0.329. The Morgan fingerprint density at radius 2 is 1.85 bits per heavy atom. The number of nitrogens with zero attached hydrogens (tertiary/aromatic N) is 5. The summed E-state index contributed by atoms with van der Waals surface area (Å²) in [6.45, 7) is 1.20. The van der Waals surface area contributed by atoms with Gasteiger partial charge in [0.1, 0.15) is 11.5 Å². The third-order valence-electron chi connectivity index (χ3n) is 5.54. The van der Waals surface area contributed by atoms with E-state index in [4.69, 9.17) is 28.3 Å². The molecule has 0 fully saturated rings. The monoisotopic (exact) mass is 473 g/mol. The number of aromatic nitrogens is 6. The van der Waals surface area contributed by atoms with Crippen molar-refractivity contribution in [3.05, 3.63) is 88.6 Å². The van der Waals surface area contributed by atoms with E-state index in [-0.39, 0.29) is 0 Å². The molecule has 0 saturated heterocycles. The van der Waals surface area contributed by atoms with E-state index in [1.807, 2.05) is 41.3 Å². The normalized spacial score (nSPS) is 11.6. The fourth-order valence-electron chi connectivity index (χ4n) is 3.95. The van der Waals surface area contributed by atoms with Crippen LogP contribution in [0.3, 0.4) is 0 Å². The van der Waals surface area contributed by atoms with E-state index in [9.17, 15) is 0 Å². The van der Waals surface area contributed by atoms with Crippen LogP contribution in [0.4, 0.5) is 5.82 Å². The zero-order valence-electron chi connectivity index (χ0n) is 17.3. The molecule has 0 aliphatic heterocycles. The van der Waals surface area contributed by atoms with Gasteiger partial charge in [0.25, 0.3) is 0 Å². The summed E-state index contributed by atoms with van der Waals surface area (Å²) in [6.07, 6.45) is 9.00. The minimum Gasteiger partial charge on any atom is -0.365 e. The fourth-order valence-corrected chi connectivity index (χ4v) is 4.32. The number of nitrogens with one attached hydrogen (secondary N) is 2. The molecule has 162 valence electrons. The number of rotatable bonds is 5. The summed E-state index contributed by atoms with van der Waals surface area (Å²) >= 11 is 12.3. The lowest BCUT2D eigenvalue weighted by atomic mass is 10.1. The maximum absolute atomic E-state index is 6.22. The number of fused-ring (bicyclic) bond motifs is 3. The Hall–Kier alpha value is -3.68. The molecule has 9 heteroatoms. The van der Waals surface area contributed by atoms with Crippen molar-refractivity contribution in [2.75, 3.05) is 5.32 Å². The van der Waals surface area contributed by atoms with Crippen LogP contribution < -0.4 is 5.32 Å². The van der Waals surface area contributed by atoms with Crippen molar-refractivity contribution >= 4 is 61.9 Å². The van der Waals surface area contributed by atoms with Crippen LogP contribution in [0, 0.1) is 0 Å². The molecule has 0 amide bonds. The summed E-state index contributed by atoms with van der Waals surface area (Å²) in [4.78, 5) is 16.4. The predicted octanol–water partition coefficient (Wildman–Crippen LogP) is 5.82. The molecule has 0 aliphatic carbocycles. The average Bonchev–Trinajstić information content (AvgIpc) is 3.40. The first-order chi connectivity index (χ1) is 16.1. The van der Waals surface area contributed by atoms with Crippen molar-refractivity contribution in [1.82, 2.24) is 29.7 Å². The number of aromatic amines is 1. The Morgan fingerprint density at radius 1 is 0.909 bits per heavy atom. The van der Waals surface area contributed by atoms with Gasteiger partial charge in [0.05, 0.1) is 33.0 Å². The maximum Gasteiger partial charge on any atom is 0.138 e. The Bertz CT molecular complexity index is 1640. The van der Waals surface area contributed by atoms with Gasteiger partial charge in [0.2, 0.25) is 0 Å². The van der Waals surface area contributed by atoms with Crippen LogP contribution in [0.5, 0.6) is 0 Å². The highest BCUT2D eigenvalue weighted by atomic mass is 35.5. The minimum atomic E-state index is 0.570. The molecular formula is C24H17Cl2N7. The number of H-pyrrole nitrogens is 1. The SMILES string of the molecule is Clc1cnc2ccc(Cn3cc4c(NCc5cnc6[nH]cc(Cl)c6c5)nccc4n3)cc2c1. The van der Waals surface area contributed by atoms with Crippen LogP contribution in [-0.4, -0.2) is 29.7 Å². The van der Waals surface area contributed by atoms with E-state index in [0.29, 0.717) is 23.1 Å². The lowest BCUT2D eigenvalue weighted by Gasteiger charge is -2.06. The van der Waals surface area contributed by atoms with Crippen LogP contribution >= 0.6 is 23.2 Å². The third-order valence-corrected chi connectivity index (χ3v) is 6.05. The lowest BCUT2D eigenvalue weighted by molar-refractivity contribution is 0.696. The van der Waals surface area contributed by atoms with Crippen LogP contribution in [0.2, 0.25) is 10.0 Å². The van der Waals surface area contributed by atoms with E-state index in [0.717, 1.165) is 49.8 Å². The first-order valence-electron chi connectivity index (χ1n) is 10.3. The van der Waals surface area contributed by atoms with Crippen LogP contribution in [0.25, 0.3) is 32.8 Å². The smallest absolute Gasteiger partial charge is 0.138 e. The molecule has 0 spiro atoms. The van der Waals surface area contributed by atoms with Crippen molar-refractivity contribution in [1.29, 1.82) is 0 Å². The molecule has 0 saturated carbocycles. The molecule has 0 bridgehead atoms. The topological polar surface area (TPSA) is 84.3 Å². The lowest BCUT2D eigenvalue weighted by Crippen LogP contribution is -2.02. The van der Waals surface area contributed by atoms with E-state index in [1.165, 1.54) is 0 Å². The number of hydrogen-bond donors (Lipinski definition) is 2. The second-order valence-electron chi connectivity index (χ2n) is 7.83. The second kappa shape index (κ2) is 8.03. The maximum atomic E-state index is 6.22. The Labute approximate surface area is 198 Å². The van der Waals surface area contributed by atoms with E-state index >= 15 is 0 Å². The van der Waals surface area contributed by atoms with Crippen molar-refractivity contribution in [3.63, 3.8) is 0 Å². The van der Waals surface area contributed by atoms with Gasteiger partial charge in [-0.15, -0.1) is 0 Å². The summed E-state index contributed by atoms with van der Waals surface area (Å²) < 4.78 is 1.92. The van der Waals surface area contributed by atoms with Crippen LogP contribution in [0.1, 0.15) is 11.1 Å². The van der Waals surface area contributed by atoms with Gasteiger partial charge >= 0.3 is 0 Å². The summed E-state index contributed by atoms with van der Waals surface area (Å²) in [5.74, 6) is 0.772. The Balaban J connectivity index is 1.25. The van der Waals surface area contributed by atoms with E-state index in [2.05, 4.69) is 37.4 Å². The van der Waals surface area contributed by atoms with Gasteiger partial charge in [-0.05, 0) is 41.5 Å². The first kappa shape index (κ1) is 20.0. The largest absolute Gasteiger partial charge is 0.365 e. The number of hydrogen-bond acceptors (Lipinski definition) is 5. The zero-order chi connectivity index (χ0) is 22.4. The Morgan fingerprint density at radius 3 is 2.79 bits per heavy atom. The summed E-state index contributed by atoms with van der Waals surface area (Å²) in [6, 6.07) is 12.0. The molecule has 0 aliphatic rings. The zero-order valence-corrected chi connectivity index (χ0v) is 18.8. The first-order valence-corrected chi connectivity index (χ1v) is 11.1. The highest BCUT2D eigenvalue weighted by molar-refractivity contribution is 6.35. The van der Waals surface area contributed by atoms with Gasteiger partial charge in [-0.25, -0.2) is 9.97 Å². The molecule has 2 N–H and O–H groups in total. The average molecular weight is 474 g/mol. The number of benzene rings is 1. The fraction of sp³-hybridized carbons (Fsp3) is 0.0833. The van der Waals surface area contributed by atoms with Crippen LogP contribution in [0.15, 0.2) is 67.4 Å². The van der Waals surface area contributed by atoms with Crippen molar-refractivity contribution in [3.8, 4) is 0 Å². The van der Waals surface area contributed by atoms with Gasteiger partial charge in [0.15, 0.2) is 0 Å². The van der Waals surface area contributed by atoms with Gasteiger partial charge in [0, 0.05) is 48.3 Å². The third kappa shape index (κ3) is 3.86. The number of pyridine rings is 3. The molecule has 1 aromatic carbocycles. The minimum absolute atomic E-state index is 0.570. The van der Waals surface area contributed by atoms with E-state index < -0.39 is 0 Å². The highest BCUT2D eigenvalue weighted by Crippen LogP contribution is 2.25. The molecular weight excluding hydrogens is 457 g/mol. The molecule has 6 aromatic rings. The van der Waals surface area contributed by atoms with Gasteiger partial charge in [-0.1, -0.05) is 29.3 Å². The van der Waals surface area contributed by atoms with Crippen molar-refractivity contribution in [2.24, 2.45) is 0 Å². The van der Waals surface area contributed by atoms with Gasteiger partial charge < -0.3 is 10.3 Å². The molecule has 0 unspecified atom stereocenters. The molecule has 0 atom stereocenters. The van der Waals surface area contributed by atoms with E-state index in [1.54, 1.807) is 18.6 Å². The van der Waals surface area contributed by atoms with Crippen molar-refractivity contribution in [2.45, 2.75) is 13.1 Å². The highest BCUT2D eigenvalue weighted by Gasteiger charge is 2.09. The molecule has 6 rings (SSSR count). The molecule has 5 aromatic heterocycles. The summed E-state index contributed by atoms with van der Waals surface area (Å²) in [5, 5.41) is 12.3. The van der Waals surface area contributed by atoms with Gasteiger partial charge in [-0.3, -0.25) is 9.67 Å². The Kier molecular flexibility index (Phi) is 4.86. The number of anilines is 1. The van der Waals surface area contributed by atoms with Crippen LogP contribution in [-0.2, 0) is 13.1 Å². The second-order valence-corrected chi connectivity index (χ2v) is 8.67. The number of halogens is 2. The molecule has 0 radical (unpaired) electrons. The molecule has 33 heavy (non-hydrogen) atoms. The molecule has 5 heterocycles.